The Morgan fingerprint density at radius 1 is 0.571 bits per heavy atom. The van der Waals surface area contributed by atoms with E-state index in [4.69, 9.17) is 0 Å². The van der Waals surface area contributed by atoms with Crippen LogP contribution in [0.15, 0.2) is 22.3 Å². The number of rotatable bonds is 29. The van der Waals surface area contributed by atoms with Crippen LogP contribution in [0.1, 0.15) is 230 Å². The number of hydrogen-bond acceptors (Lipinski definition) is 3. The third-order valence-electron chi connectivity index (χ3n) is 14.0. The van der Waals surface area contributed by atoms with Crippen LogP contribution in [0.3, 0.4) is 0 Å². The Morgan fingerprint density at radius 2 is 1.05 bits per heavy atom. The molecule has 0 heterocycles. The molecule has 0 saturated carbocycles. The Labute approximate surface area is 347 Å². The van der Waals surface area contributed by atoms with E-state index in [-0.39, 0.29) is 23.5 Å². The molecular formula is C51H92N2O3. The first-order valence-corrected chi connectivity index (χ1v) is 23.9. The molecule has 0 aliphatic heterocycles. The normalized spacial score (nSPS) is 19.6. The van der Waals surface area contributed by atoms with Gasteiger partial charge in [0.25, 0.3) is 0 Å². The summed E-state index contributed by atoms with van der Waals surface area (Å²) in [6.07, 6.45) is 25.7. The summed E-state index contributed by atoms with van der Waals surface area (Å²) in [5, 5.41) is 6.23. The van der Waals surface area contributed by atoms with E-state index in [1.807, 2.05) is 0 Å². The maximum Gasteiger partial charge on any atom is 0.223 e. The molecule has 5 atom stereocenters. The quantitative estimate of drug-likeness (QED) is 0.0586. The van der Waals surface area contributed by atoms with Crippen LogP contribution < -0.4 is 10.6 Å². The smallest absolute Gasteiger partial charge is 0.223 e. The highest BCUT2D eigenvalue weighted by atomic mass is 16.2. The zero-order valence-corrected chi connectivity index (χ0v) is 39.0. The minimum absolute atomic E-state index is 0.0250. The van der Waals surface area contributed by atoms with E-state index in [0.717, 1.165) is 44.4 Å². The van der Waals surface area contributed by atoms with Crippen LogP contribution in [0.25, 0.3) is 0 Å². The number of amides is 2. The highest BCUT2D eigenvalue weighted by Gasteiger charge is 2.29. The van der Waals surface area contributed by atoms with Gasteiger partial charge >= 0.3 is 0 Å². The van der Waals surface area contributed by atoms with Gasteiger partial charge in [-0.1, -0.05) is 136 Å². The van der Waals surface area contributed by atoms with Crippen molar-refractivity contribution in [3.05, 3.63) is 22.3 Å². The Morgan fingerprint density at radius 3 is 1.55 bits per heavy atom. The Balaban J connectivity index is 1.66. The second-order valence-electron chi connectivity index (χ2n) is 20.7. The van der Waals surface area contributed by atoms with Crippen molar-refractivity contribution in [3.63, 3.8) is 0 Å². The molecule has 2 aliphatic rings. The van der Waals surface area contributed by atoms with Gasteiger partial charge in [0.1, 0.15) is 5.78 Å². The number of Topliss-reactive ketones (excluding diaryl/α,β-unsaturated/α-hetero) is 1. The maximum atomic E-state index is 13.2. The lowest BCUT2D eigenvalue weighted by Gasteiger charge is -2.35. The standard InChI is InChI=1S/C51H92N2O3/c1-12-13-33-53-49(56)44(37-45(54)35-40(4)22-16-20-38(2)27-29-46-42(6)24-18-31-50(46,8)9)26-14-15-34-52-48(55)36-41(5)23-17-21-39(3)28-30-47-43(7)25-19-32-51(47,10)11/h38-41,44H,12-37H2,1-11H3,(H,52,55)(H,53,56). The molecule has 0 spiro atoms. The lowest BCUT2D eigenvalue weighted by Crippen LogP contribution is -2.33. The molecule has 0 aromatic carbocycles. The molecule has 0 aromatic heterocycles. The zero-order chi connectivity index (χ0) is 41.7. The largest absolute Gasteiger partial charge is 0.356 e. The van der Waals surface area contributed by atoms with Crippen molar-refractivity contribution in [1.29, 1.82) is 0 Å². The van der Waals surface area contributed by atoms with Gasteiger partial charge in [-0.2, -0.15) is 0 Å². The fraction of sp³-hybridized carbons (Fsp3) is 0.863. The number of ketones is 1. The van der Waals surface area contributed by atoms with Gasteiger partial charge in [0, 0.05) is 38.3 Å². The summed E-state index contributed by atoms with van der Waals surface area (Å²) in [7, 11) is 0. The molecule has 324 valence electrons. The molecule has 2 N–H and O–H groups in total. The number of hydrogen-bond donors (Lipinski definition) is 2. The first-order valence-electron chi connectivity index (χ1n) is 23.9. The topological polar surface area (TPSA) is 75.3 Å². The Bertz CT molecular complexity index is 1240. The molecule has 0 bridgehead atoms. The molecule has 2 aliphatic carbocycles. The van der Waals surface area contributed by atoms with Crippen LogP contribution >= 0.6 is 0 Å². The molecule has 0 radical (unpaired) electrons. The predicted molar refractivity (Wildman–Crippen MR) is 241 cm³/mol. The molecule has 5 heteroatoms. The molecule has 0 aromatic rings. The molecule has 0 saturated heterocycles. The maximum absolute atomic E-state index is 13.2. The van der Waals surface area contributed by atoms with Crippen LogP contribution in [0.4, 0.5) is 0 Å². The van der Waals surface area contributed by atoms with Gasteiger partial charge in [-0.25, -0.2) is 0 Å². The molecule has 2 amide bonds. The molecule has 56 heavy (non-hydrogen) atoms. The van der Waals surface area contributed by atoms with Crippen LogP contribution in [0, 0.1) is 40.4 Å². The van der Waals surface area contributed by atoms with E-state index in [2.05, 4.69) is 86.8 Å². The fourth-order valence-corrected chi connectivity index (χ4v) is 10.1. The summed E-state index contributed by atoms with van der Waals surface area (Å²) < 4.78 is 0. The van der Waals surface area contributed by atoms with Crippen molar-refractivity contribution in [2.75, 3.05) is 13.1 Å². The number of carbonyl (C=O) groups is 3. The SMILES string of the molecule is CCCCNC(=O)C(CCCCNC(=O)CC(C)CCCC(C)CCC1=C(C)CCCC1(C)C)CC(=O)CC(C)CCCC(C)CCC1=C(C)CCCC1(C)C. The summed E-state index contributed by atoms with van der Waals surface area (Å²) in [4.78, 5) is 39.1. The highest BCUT2D eigenvalue weighted by Crippen LogP contribution is 2.44. The van der Waals surface area contributed by atoms with Crippen molar-refractivity contribution in [2.24, 2.45) is 40.4 Å². The van der Waals surface area contributed by atoms with Crippen LogP contribution in [0.2, 0.25) is 0 Å². The average Bonchev–Trinajstić information content (AvgIpc) is 3.10. The number of unbranched alkanes of at least 4 members (excludes halogenated alkanes) is 2. The van der Waals surface area contributed by atoms with Gasteiger partial charge in [0.2, 0.25) is 11.8 Å². The van der Waals surface area contributed by atoms with Gasteiger partial charge in [0.15, 0.2) is 0 Å². The molecule has 5 nitrogen and oxygen atoms in total. The molecule has 2 rings (SSSR count). The number of nitrogens with one attached hydrogen (secondary N) is 2. The summed E-state index contributed by atoms with van der Waals surface area (Å²) in [6.45, 7) is 27.1. The lowest BCUT2D eigenvalue weighted by molar-refractivity contribution is -0.130. The molecular weight excluding hydrogens is 689 g/mol. The van der Waals surface area contributed by atoms with Crippen molar-refractivity contribution >= 4 is 17.6 Å². The first kappa shape index (κ1) is 50.2. The summed E-state index contributed by atoms with van der Waals surface area (Å²) in [6, 6.07) is 0. The van der Waals surface area contributed by atoms with Gasteiger partial charge in [0.05, 0.1) is 0 Å². The second kappa shape index (κ2) is 26.2. The summed E-state index contributed by atoms with van der Waals surface area (Å²) in [5.74, 6) is 2.28. The molecule has 0 fully saturated rings. The van der Waals surface area contributed by atoms with E-state index >= 15 is 0 Å². The Kier molecular flexibility index (Phi) is 23.5. The number of allylic oxidation sites excluding steroid dienone is 4. The fourth-order valence-electron chi connectivity index (χ4n) is 10.1. The predicted octanol–water partition coefficient (Wildman–Crippen LogP) is 14.0. The van der Waals surface area contributed by atoms with Gasteiger partial charge in [-0.3, -0.25) is 14.4 Å². The number of carbonyl (C=O) groups excluding carboxylic acids is 3. The van der Waals surface area contributed by atoms with Crippen LogP contribution in [-0.2, 0) is 14.4 Å². The third-order valence-corrected chi connectivity index (χ3v) is 14.0. The second-order valence-corrected chi connectivity index (χ2v) is 20.7. The molecule has 5 unspecified atom stereocenters. The lowest BCUT2D eigenvalue weighted by atomic mass is 9.70. The van der Waals surface area contributed by atoms with Gasteiger partial charge in [-0.15, -0.1) is 0 Å². The Hall–Kier alpha value is -1.91. The first-order chi connectivity index (χ1) is 26.4. The van der Waals surface area contributed by atoms with E-state index in [0.29, 0.717) is 67.4 Å². The van der Waals surface area contributed by atoms with Crippen molar-refractivity contribution in [2.45, 2.75) is 230 Å². The van der Waals surface area contributed by atoms with Crippen molar-refractivity contribution < 1.29 is 14.4 Å². The van der Waals surface area contributed by atoms with E-state index < -0.39 is 0 Å². The average molecular weight is 781 g/mol. The van der Waals surface area contributed by atoms with E-state index in [9.17, 15) is 14.4 Å². The monoisotopic (exact) mass is 781 g/mol. The minimum atomic E-state index is -0.276. The van der Waals surface area contributed by atoms with E-state index in [1.165, 1.54) is 89.9 Å². The highest BCUT2D eigenvalue weighted by molar-refractivity contribution is 5.86. The summed E-state index contributed by atoms with van der Waals surface area (Å²) in [5.41, 5.74) is 7.43. The van der Waals surface area contributed by atoms with Gasteiger partial charge in [-0.05, 0) is 132 Å². The third kappa shape index (κ3) is 19.7. The van der Waals surface area contributed by atoms with Crippen LogP contribution in [-0.4, -0.2) is 30.7 Å². The van der Waals surface area contributed by atoms with Crippen LogP contribution in [0.5, 0.6) is 0 Å². The zero-order valence-electron chi connectivity index (χ0n) is 39.0. The van der Waals surface area contributed by atoms with Gasteiger partial charge < -0.3 is 10.6 Å². The van der Waals surface area contributed by atoms with Crippen molar-refractivity contribution in [3.8, 4) is 0 Å². The van der Waals surface area contributed by atoms with Crippen molar-refractivity contribution in [1.82, 2.24) is 10.6 Å². The summed E-state index contributed by atoms with van der Waals surface area (Å²) >= 11 is 0. The van der Waals surface area contributed by atoms with E-state index in [1.54, 1.807) is 22.3 Å². The minimum Gasteiger partial charge on any atom is -0.356 e.